The monoisotopic (exact) mass is 354 g/mol. The minimum atomic E-state index is -3.45. The highest BCUT2D eigenvalue weighted by Gasteiger charge is 2.11. The van der Waals surface area contributed by atoms with Gasteiger partial charge in [0.15, 0.2) is 0 Å². The van der Waals surface area contributed by atoms with Crippen LogP contribution in [-0.2, 0) is 16.4 Å². The predicted octanol–water partition coefficient (Wildman–Crippen LogP) is 2.31. The fourth-order valence-corrected chi connectivity index (χ4v) is 2.67. The van der Waals surface area contributed by atoms with Gasteiger partial charge in [0.25, 0.3) is 5.91 Å². The Bertz CT molecular complexity index is 834. The Balaban J connectivity index is 1.99. The molecular formula is C16H16F2N2O3S. The summed E-state index contributed by atoms with van der Waals surface area (Å²) in [5.41, 5.74) is 0.397. The molecule has 128 valence electrons. The average Bonchev–Trinajstić information content (AvgIpc) is 2.48. The molecule has 0 heterocycles. The number of nitrogens with one attached hydrogen (secondary N) is 2. The third-order valence-corrected chi connectivity index (χ3v) is 3.76. The lowest BCUT2D eigenvalue weighted by Crippen LogP contribution is -2.26. The molecule has 0 radical (unpaired) electrons. The number of halogens is 2. The molecule has 0 fully saturated rings. The van der Waals surface area contributed by atoms with E-state index in [1.165, 1.54) is 30.3 Å². The molecule has 0 aliphatic rings. The summed E-state index contributed by atoms with van der Waals surface area (Å²) in [5, 5.41) is 2.54. The van der Waals surface area contributed by atoms with Crippen LogP contribution in [0.25, 0.3) is 0 Å². The predicted molar refractivity (Wildman–Crippen MR) is 87.3 cm³/mol. The van der Waals surface area contributed by atoms with Crippen LogP contribution in [0.4, 0.5) is 14.5 Å². The summed E-state index contributed by atoms with van der Waals surface area (Å²) in [6.45, 7) is 0.0421. The van der Waals surface area contributed by atoms with E-state index in [9.17, 15) is 22.0 Å². The highest BCUT2D eigenvalue weighted by molar-refractivity contribution is 7.92. The summed E-state index contributed by atoms with van der Waals surface area (Å²) in [6, 6.07) is 9.49. The summed E-state index contributed by atoms with van der Waals surface area (Å²) in [6.07, 6.45) is 1.01. The van der Waals surface area contributed by atoms with Crippen LogP contribution in [0.5, 0.6) is 0 Å². The smallest absolute Gasteiger partial charge is 0.251 e. The van der Waals surface area contributed by atoms with E-state index in [0.29, 0.717) is 0 Å². The number of hydrogen-bond donors (Lipinski definition) is 2. The number of carbonyl (C=O) groups excluding carboxylic acids is 1. The van der Waals surface area contributed by atoms with E-state index in [4.69, 9.17) is 0 Å². The van der Waals surface area contributed by atoms with E-state index < -0.39 is 27.6 Å². The lowest BCUT2D eigenvalue weighted by Gasteiger charge is -2.09. The number of benzene rings is 2. The van der Waals surface area contributed by atoms with Crippen LogP contribution in [0.1, 0.15) is 15.9 Å². The van der Waals surface area contributed by atoms with Crippen LogP contribution < -0.4 is 10.0 Å². The maximum absolute atomic E-state index is 13.5. The van der Waals surface area contributed by atoms with Gasteiger partial charge in [-0.25, -0.2) is 17.2 Å². The molecule has 0 bridgehead atoms. The number of anilines is 1. The Morgan fingerprint density at radius 2 is 1.71 bits per heavy atom. The standard InChI is InChI=1S/C16H16F2N2O3S/c1-24(22,23)20-12-5-2-4-11(10-12)16(21)19-9-8-13-14(17)6-3-7-15(13)18/h2-7,10,20H,8-9H2,1H3,(H,19,21). The zero-order chi connectivity index (χ0) is 17.7. The van der Waals surface area contributed by atoms with Gasteiger partial charge in [0.1, 0.15) is 11.6 Å². The summed E-state index contributed by atoms with van der Waals surface area (Å²) in [7, 11) is -3.45. The molecule has 2 aromatic carbocycles. The second-order valence-electron chi connectivity index (χ2n) is 5.16. The van der Waals surface area contributed by atoms with Gasteiger partial charge >= 0.3 is 0 Å². The molecule has 2 N–H and O–H groups in total. The molecule has 5 nitrogen and oxygen atoms in total. The van der Waals surface area contributed by atoms with Crippen molar-refractivity contribution in [2.24, 2.45) is 0 Å². The lowest BCUT2D eigenvalue weighted by molar-refractivity contribution is 0.0954. The van der Waals surface area contributed by atoms with E-state index >= 15 is 0 Å². The molecule has 0 spiro atoms. The fraction of sp³-hybridized carbons (Fsp3) is 0.188. The van der Waals surface area contributed by atoms with Gasteiger partial charge in [-0.1, -0.05) is 12.1 Å². The second kappa shape index (κ2) is 7.39. The number of amides is 1. The van der Waals surface area contributed by atoms with E-state index in [2.05, 4.69) is 10.0 Å². The normalized spacial score (nSPS) is 11.1. The zero-order valence-corrected chi connectivity index (χ0v) is 13.7. The van der Waals surface area contributed by atoms with Crippen molar-refractivity contribution in [1.29, 1.82) is 0 Å². The molecule has 0 aromatic heterocycles. The van der Waals surface area contributed by atoms with Crippen molar-refractivity contribution in [1.82, 2.24) is 5.32 Å². The molecule has 0 atom stereocenters. The molecule has 0 saturated heterocycles. The van der Waals surface area contributed by atoms with Crippen LogP contribution in [0.15, 0.2) is 42.5 Å². The van der Waals surface area contributed by atoms with Gasteiger partial charge in [-0.15, -0.1) is 0 Å². The summed E-state index contributed by atoms with van der Waals surface area (Å²) < 4.78 is 51.6. The number of hydrogen-bond acceptors (Lipinski definition) is 3. The minimum absolute atomic E-state index is 0.00548. The van der Waals surface area contributed by atoms with Crippen molar-refractivity contribution in [2.75, 3.05) is 17.5 Å². The van der Waals surface area contributed by atoms with Crippen molar-refractivity contribution in [3.05, 3.63) is 65.2 Å². The van der Waals surface area contributed by atoms with Gasteiger partial charge in [0.2, 0.25) is 10.0 Å². The lowest BCUT2D eigenvalue weighted by atomic mass is 10.1. The van der Waals surface area contributed by atoms with Gasteiger partial charge in [0, 0.05) is 23.4 Å². The average molecular weight is 354 g/mol. The van der Waals surface area contributed by atoms with E-state index in [1.54, 1.807) is 0 Å². The van der Waals surface area contributed by atoms with Gasteiger partial charge in [-0.3, -0.25) is 9.52 Å². The van der Waals surface area contributed by atoms with Crippen molar-refractivity contribution in [2.45, 2.75) is 6.42 Å². The Morgan fingerprint density at radius 3 is 2.33 bits per heavy atom. The van der Waals surface area contributed by atoms with Gasteiger partial charge in [-0.05, 0) is 36.8 Å². The molecule has 2 aromatic rings. The summed E-state index contributed by atoms with van der Waals surface area (Å²) in [5.74, 6) is -1.80. The molecule has 2 rings (SSSR count). The maximum Gasteiger partial charge on any atom is 0.251 e. The van der Waals surface area contributed by atoms with Crippen LogP contribution >= 0.6 is 0 Å². The van der Waals surface area contributed by atoms with E-state index in [-0.39, 0.29) is 29.8 Å². The largest absolute Gasteiger partial charge is 0.352 e. The first kappa shape index (κ1) is 17.9. The zero-order valence-electron chi connectivity index (χ0n) is 12.8. The minimum Gasteiger partial charge on any atom is -0.352 e. The van der Waals surface area contributed by atoms with Gasteiger partial charge in [-0.2, -0.15) is 0 Å². The van der Waals surface area contributed by atoms with Crippen molar-refractivity contribution in [3.8, 4) is 0 Å². The fourth-order valence-electron chi connectivity index (χ4n) is 2.11. The Morgan fingerprint density at radius 1 is 1.08 bits per heavy atom. The summed E-state index contributed by atoms with van der Waals surface area (Å²) in [4.78, 5) is 12.0. The van der Waals surface area contributed by atoms with E-state index in [0.717, 1.165) is 18.4 Å². The molecule has 0 aliphatic heterocycles. The maximum atomic E-state index is 13.5. The third kappa shape index (κ3) is 5.02. The Labute approximate surface area is 138 Å². The van der Waals surface area contributed by atoms with Crippen LogP contribution in [-0.4, -0.2) is 27.1 Å². The van der Waals surface area contributed by atoms with E-state index in [1.807, 2.05) is 0 Å². The number of sulfonamides is 1. The highest BCUT2D eigenvalue weighted by atomic mass is 32.2. The quantitative estimate of drug-likeness (QED) is 0.836. The first-order valence-electron chi connectivity index (χ1n) is 7.05. The number of rotatable bonds is 6. The van der Waals surface area contributed by atoms with Crippen LogP contribution in [0.2, 0.25) is 0 Å². The summed E-state index contributed by atoms with van der Waals surface area (Å²) >= 11 is 0. The molecule has 0 saturated carbocycles. The Kier molecular flexibility index (Phi) is 5.50. The molecule has 1 amide bonds. The Hall–Kier alpha value is -2.48. The first-order chi connectivity index (χ1) is 11.3. The van der Waals surface area contributed by atoms with Crippen molar-refractivity contribution >= 4 is 21.6 Å². The first-order valence-corrected chi connectivity index (χ1v) is 8.94. The SMILES string of the molecule is CS(=O)(=O)Nc1cccc(C(=O)NCCc2c(F)cccc2F)c1. The van der Waals surface area contributed by atoms with Gasteiger partial charge in [0.05, 0.1) is 6.26 Å². The highest BCUT2D eigenvalue weighted by Crippen LogP contribution is 2.13. The molecule has 8 heteroatoms. The van der Waals surface area contributed by atoms with Crippen LogP contribution in [0.3, 0.4) is 0 Å². The third-order valence-electron chi connectivity index (χ3n) is 3.15. The molecule has 24 heavy (non-hydrogen) atoms. The van der Waals surface area contributed by atoms with Crippen LogP contribution in [0, 0.1) is 11.6 Å². The van der Waals surface area contributed by atoms with Gasteiger partial charge < -0.3 is 5.32 Å². The van der Waals surface area contributed by atoms with Crippen molar-refractivity contribution < 1.29 is 22.0 Å². The second-order valence-corrected chi connectivity index (χ2v) is 6.91. The van der Waals surface area contributed by atoms with Crippen molar-refractivity contribution in [3.63, 3.8) is 0 Å². The molecular weight excluding hydrogens is 338 g/mol. The number of carbonyl (C=O) groups is 1. The molecule has 0 unspecified atom stereocenters. The topological polar surface area (TPSA) is 75.3 Å². The molecule has 0 aliphatic carbocycles.